The van der Waals surface area contributed by atoms with Crippen LogP contribution in [-0.2, 0) is 20.9 Å². The first-order valence-corrected chi connectivity index (χ1v) is 11.5. The number of aromatic nitrogens is 1. The first-order valence-electron chi connectivity index (χ1n) is 11.1. The Kier molecular flexibility index (Phi) is 7.62. The number of nitrogens with zero attached hydrogens (tertiary/aromatic N) is 1. The molecule has 0 fully saturated rings. The highest BCUT2D eigenvalue weighted by molar-refractivity contribution is 6.31. The molecule has 0 radical (unpaired) electrons. The quantitative estimate of drug-likeness (QED) is 0.412. The lowest BCUT2D eigenvalue weighted by atomic mass is 9.98. The SMILES string of the molecule is O=C(O)CCC(NC(=O)OCC1c2ccccc2-c2ccccc21)C(=O)NCc1ncccc1Cl. The average molecular weight is 494 g/mol. The Labute approximate surface area is 207 Å². The fourth-order valence-electron chi connectivity index (χ4n) is 4.16. The second kappa shape index (κ2) is 11.0. The van der Waals surface area contributed by atoms with Gasteiger partial charge in [-0.3, -0.25) is 14.6 Å². The zero-order valence-corrected chi connectivity index (χ0v) is 19.5. The number of nitrogens with one attached hydrogen (secondary N) is 2. The van der Waals surface area contributed by atoms with Crippen LogP contribution < -0.4 is 10.6 Å². The summed E-state index contributed by atoms with van der Waals surface area (Å²) >= 11 is 6.07. The van der Waals surface area contributed by atoms with E-state index in [1.165, 1.54) is 0 Å². The molecule has 3 aromatic rings. The molecule has 1 aliphatic carbocycles. The van der Waals surface area contributed by atoms with Crippen LogP contribution in [0, 0.1) is 0 Å². The second-order valence-corrected chi connectivity index (χ2v) is 8.51. The summed E-state index contributed by atoms with van der Waals surface area (Å²) in [4.78, 5) is 40.5. The summed E-state index contributed by atoms with van der Waals surface area (Å²) < 4.78 is 5.50. The van der Waals surface area contributed by atoms with Crippen molar-refractivity contribution in [3.63, 3.8) is 0 Å². The van der Waals surface area contributed by atoms with Crippen LogP contribution in [0.1, 0.15) is 35.6 Å². The standard InChI is InChI=1S/C26H24ClN3O5/c27-21-10-5-13-28-23(21)14-29-25(33)22(11-12-24(31)32)30-26(34)35-15-20-18-8-3-1-6-16(18)17-7-2-4-9-19(17)20/h1-10,13,20,22H,11-12,14-15H2,(H,29,33)(H,30,34)(H,31,32). The number of hydrogen-bond donors (Lipinski definition) is 3. The molecule has 0 aliphatic heterocycles. The van der Waals surface area contributed by atoms with Gasteiger partial charge in [-0.2, -0.15) is 0 Å². The number of amides is 2. The number of fused-ring (bicyclic) bond motifs is 3. The summed E-state index contributed by atoms with van der Waals surface area (Å²) in [6.45, 7) is 0.116. The van der Waals surface area contributed by atoms with Crippen LogP contribution in [-0.4, -0.2) is 40.7 Å². The van der Waals surface area contributed by atoms with Crippen molar-refractivity contribution in [2.75, 3.05) is 6.61 Å². The molecule has 1 atom stereocenters. The molecule has 2 aromatic carbocycles. The van der Waals surface area contributed by atoms with E-state index in [0.717, 1.165) is 22.3 Å². The summed E-state index contributed by atoms with van der Waals surface area (Å²) in [6.07, 6.45) is 0.353. The lowest BCUT2D eigenvalue weighted by Gasteiger charge is -2.19. The van der Waals surface area contributed by atoms with Crippen molar-refractivity contribution in [1.29, 1.82) is 0 Å². The van der Waals surface area contributed by atoms with E-state index in [4.69, 9.17) is 21.4 Å². The van der Waals surface area contributed by atoms with Crippen molar-refractivity contribution in [1.82, 2.24) is 15.6 Å². The number of carboxylic acid groups (broad SMARTS) is 1. The van der Waals surface area contributed by atoms with E-state index in [2.05, 4.69) is 15.6 Å². The highest BCUT2D eigenvalue weighted by Crippen LogP contribution is 2.44. The lowest BCUT2D eigenvalue weighted by Crippen LogP contribution is -2.47. The lowest BCUT2D eigenvalue weighted by molar-refractivity contribution is -0.137. The van der Waals surface area contributed by atoms with Crippen LogP contribution in [0.3, 0.4) is 0 Å². The van der Waals surface area contributed by atoms with Crippen LogP contribution in [0.2, 0.25) is 5.02 Å². The third-order valence-corrected chi connectivity index (χ3v) is 6.21. The highest BCUT2D eigenvalue weighted by Gasteiger charge is 2.30. The first-order chi connectivity index (χ1) is 16.9. The Morgan fingerprint density at radius 1 is 1.00 bits per heavy atom. The fourth-order valence-corrected chi connectivity index (χ4v) is 4.35. The molecule has 1 aliphatic rings. The molecule has 1 heterocycles. The Bertz CT molecular complexity index is 1200. The molecular weight excluding hydrogens is 470 g/mol. The molecule has 1 aromatic heterocycles. The van der Waals surface area contributed by atoms with Crippen LogP contribution in [0.25, 0.3) is 11.1 Å². The topological polar surface area (TPSA) is 118 Å². The van der Waals surface area contributed by atoms with Crippen LogP contribution in [0.5, 0.6) is 0 Å². The predicted octanol–water partition coefficient (Wildman–Crippen LogP) is 4.12. The molecule has 0 saturated heterocycles. The number of rotatable bonds is 9. The summed E-state index contributed by atoms with van der Waals surface area (Å²) in [5, 5.41) is 14.6. The van der Waals surface area contributed by atoms with Crippen molar-refractivity contribution < 1.29 is 24.2 Å². The van der Waals surface area contributed by atoms with Crippen LogP contribution in [0.4, 0.5) is 4.79 Å². The van der Waals surface area contributed by atoms with Gasteiger partial charge in [-0.15, -0.1) is 0 Å². The van der Waals surface area contributed by atoms with E-state index in [0.29, 0.717) is 10.7 Å². The zero-order chi connectivity index (χ0) is 24.8. The maximum Gasteiger partial charge on any atom is 0.407 e. The molecule has 1 unspecified atom stereocenters. The molecule has 0 spiro atoms. The van der Waals surface area contributed by atoms with E-state index < -0.39 is 24.0 Å². The monoisotopic (exact) mass is 493 g/mol. The Morgan fingerprint density at radius 3 is 2.29 bits per heavy atom. The highest BCUT2D eigenvalue weighted by atomic mass is 35.5. The van der Waals surface area contributed by atoms with E-state index in [1.54, 1.807) is 18.3 Å². The molecular formula is C26H24ClN3O5. The summed E-state index contributed by atoms with van der Waals surface area (Å²) in [5.41, 5.74) is 4.79. The smallest absolute Gasteiger partial charge is 0.407 e. The fraction of sp³-hybridized carbons (Fsp3) is 0.231. The molecule has 2 amide bonds. The summed E-state index contributed by atoms with van der Waals surface area (Å²) in [6, 6.07) is 18.1. The maximum absolute atomic E-state index is 12.7. The molecule has 0 bridgehead atoms. The van der Waals surface area contributed by atoms with Gasteiger partial charge in [-0.05, 0) is 40.8 Å². The van der Waals surface area contributed by atoms with Gasteiger partial charge in [0.1, 0.15) is 12.6 Å². The number of carbonyl (C=O) groups is 3. The summed E-state index contributed by atoms with van der Waals surface area (Å²) in [5.74, 6) is -1.77. The van der Waals surface area contributed by atoms with Gasteiger partial charge in [0, 0.05) is 18.5 Å². The number of aliphatic carboxylic acids is 1. The number of halogens is 1. The number of benzene rings is 2. The zero-order valence-electron chi connectivity index (χ0n) is 18.7. The first kappa shape index (κ1) is 24.2. The molecule has 35 heavy (non-hydrogen) atoms. The Balaban J connectivity index is 1.39. The normalized spacial score (nSPS) is 12.8. The van der Waals surface area contributed by atoms with Crippen molar-refractivity contribution in [2.24, 2.45) is 0 Å². The van der Waals surface area contributed by atoms with Crippen molar-refractivity contribution in [3.8, 4) is 11.1 Å². The molecule has 9 heteroatoms. The average Bonchev–Trinajstić information content (AvgIpc) is 3.18. The van der Waals surface area contributed by atoms with E-state index in [9.17, 15) is 14.4 Å². The van der Waals surface area contributed by atoms with Crippen molar-refractivity contribution in [3.05, 3.63) is 88.7 Å². The molecule has 0 saturated carbocycles. The minimum Gasteiger partial charge on any atom is -0.481 e. The van der Waals surface area contributed by atoms with Gasteiger partial charge in [0.05, 0.1) is 17.3 Å². The maximum atomic E-state index is 12.7. The third-order valence-electron chi connectivity index (χ3n) is 5.86. The third kappa shape index (κ3) is 5.78. The molecule has 180 valence electrons. The van der Waals surface area contributed by atoms with Gasteiger partial charge >= 0.3 is 12.1 Å². The number of carboxylic acids is 1. The van der Waals surface area contributed by atoms with Gasteiger partial charge in [0.2, 0.25) is 5.91 Å². The summed E-state index contributed by atoms with van der Waals surface area (Å²) in [7, 11) is 0. The van der Waals surface area contributed by atoms with Gasteiger partial charge in [-0.25, -0.2) is 4.79 Å². The number of ether oxygens (including phenoxy) is 1. The van der Waals surface area contributed by atoms with Crippen LogP contribution >= 0.6 is 11.6 Å². The number of carbonyl (C=O) groups excluding carboxylic acids is 2. The number of pyridine rings is 1. The predicted molar refractivity (Wildman–Crippen MR) is 130 cm³/mol. The van der Waals surface area contributed by atoms with Gasteiger partial charge in [0.25, 0.3) is 0 Å². The number of alkyl carbamates (subject to hydrolysis) is 1. The second-order valence-electron chi connectivity index (χ2n) is 8.10. The number of hydrogen-bond acceptors (Lipinski definition) is 5. The van der Waals surface area contributed by atoms with E-state index in [-0.39, 0.29) is 31.9 Å². The van der Waals surface area contributed by atoms with Gasteiger partial charge in [0.15, 0.2) is 0 Å². The largest absolute Gasteiger partial charge is 0.481 e. The Hall–Kier alpha value is -3.91. The molecule has 4 rings (SSSR count). The van der Waals surface area contributed by atoms with Gasteiger partial charge < -0.3 is 20.5 Å². The van der Waals surface area contributed by atoms with Crippen molar-refractivity contribution >= 4 is 29.6 Å². The minimum atomic E-state index is -1.09. The molecule has 3 N–H and O–H groups in total. The van der Waals surface area contributed by atoms with Gasteiger partial charge in [-0.1, -0.05) is 60.1 Å². The minimum absolute atomic E-state index is 0.0362. The molecule has 8 nitrogen and oxygen atoms in total. The Morgan fingerprint density at radius 2 is 1.66 bits per heavy atom. The van der Waals surface area contributed by atoms with Crippen LogP contribution in [0.15, 0.2) is 66.9 Å². The van der Waals surface area contributed by atoms with Crippen molar-refractivity contribution in [2.45, 2.75) is 31.3 Å². The van der Waals surface area contributed by atoms with E-state index in [1.807, 2.05) is 48.5 Å². The van der Waals surface area contributed by atoms with E-state index >= 15 is 0 Å².